The summed E-state index contributed by atoms with van der Waals surface area (Å²) in [6, 6.07) is 16.3. The van der Waals surface area contributed by atoms with Gasteiger partial charge in [0.1, 0.15) is 11.9 Å². The molecule has 0 saturated carbocycles. The predicted octanol–water partition coefficient (Wildman–Crippen LogP) is 2.46. The van der Waals surface area contributed by atoms with Gasteiger partial charge in [0.25, 0.3) is 5.56 Å². The SMILES string of the molecule is CC(C)C(C(=O)O)N(N1CCN(c2ccc(C#Cc3ccc4[nH]c(=O)n(-c5ccc(F)cc5)c(=O)c4c3)cc2)CC1)S(=O)[O-]. The van der Waals surface area contributed by atoms with Crippen LogP contribution in [0, 0.1) is 23.6 Å². The monoisotopic (exact) mass is 618 g/mol. The Morgan fingerprint density at radius 3 is 2.14 bits per heavy atom. The Labute approximate surface area is 254 Å². The molecule has 44 heavy (non-hydrogen) atoms. The molecule has 5 rings (SSSR count). The molecule has 1 aromatic heterocycles. The fourth-order valence-electron chi connectivity index (χ4n) is 5.17. The molecular weight excluding hydrogens is 589 g/mol. The van der Waals surface area contributed by atoms with Gasteiger partial charge < -0.3 is 19.5 Å². The minimum Gasteiger partial charge on any atom is -0.759 e. The molecule has 1 saturated heterocycles. The lowest BCUT2D eigenvalue weighted by Gasteiger charge is -2.45. The van der Waals surface area contributed by atoms with Crippen molar-refractivity contribution in [1.29, 1.82) is 0 Å². The Hall–Kier alpha value is -4.61. The molecule has 2 atom stereocenters. The number of nitrogens with one attached hydrogen (secondary N) is 1. The summed E-state index contributed by atoms with van der Waals surface area (Å²) in [6.07, 6.45) is 0. The molecule has 13 heteroatoms. The van der Waals surface area contributed by atoms with E-state index in [1.807, 2.05) is 24.3 Å². The van der Waals surface area contributed by atoms with Crippen molar-refractivity contribution in [3.63, 3.8) is 0 Å². The Balaban J connectivity index is 1.30. The maximum absolute atomic E-state index is 13.4. The number of benzene rings is 3. The van der Waals surface area contributed by atoms with Crippen LogP contribution in [0.3, 0.4) is 0 Å². The summed E-state index contributed by atoms with van der Waals surface area (Å²) >= 11 is -2.72. The number of aliphatic carboxylic acids is 1. The number of nitrogens with zero attached hydrogens (tertiary/aromatic N) is 4. The standard InChI is InChI=1S/C31H30FN5O6S/c1-20(2)28(30(39)40)37(44(42)43)35-17-15-34(16-18-35)24-10-5-21(6-11-24)3-4-22-7-14-27-26(19-22)29(38)36(31(41)33-27)25-12-8-23(32)9-13-25/h5-14,19-20,28H,15-18H2,1-2H3,(H,33,41)(H,39,40)(H,42,43)/p-1. The minimum atomic E-state index is -2.72. The van der Waals surface area contributed by atoms with Gasteiger partial charge in [-0.2, -0.15) is 4.41 Å². The van der Waals surface area contributed by atoms with Crippen LogP contribution in [-0.2, 0) is 16.1 Å². The first-order chi connectivity index (χ1) is 21.0. The minimum absolute atomic E-state index is 0.246. The molecule has 4 aromatic rings. The Kier molecular flexibility index (Phi) is 9.07. The van der Waals surface area contributed by atoms with E-state index in [4.69, 9.17) is 0 Å². The summed E-state index contributed by atoms with van der Waals surface area (Å²) in [5.74, 6) is 4.05. The molecule has 1 aliphatic rings. The quantitative estimate of drug-likeness (QED) is 0.238. The van der Waals surface area contributed by atoms with Crippen LogP contribution in [0.1, 0.15) is 25.0 Å². The smallest absolute Gasteiger partial charge is 0.333 e. The third-order valence-corrected chi connectivity index (χ3v) is 8.14. The molecule has 0 amide bonds. The van der Waals surface area contributed by atoms with Gasteiger partial charge in [0, 0.05) is 54.3 Å². The molecule has 2 N–H and O–H groups in total. The van der Waals surface area contributed by atoms with Crippen LogP contribution in [0.15, 0.2) is 76.3 Å². The fourth-order valence-corrected chi connectivity index (χ4v) is 6.04. The molecule has 0 aliphatic carbocycles. The number of aromatic nitrogens is 2. The van der Waals surface area contributed by atoms with Gasteiger partial charge in [-0.1, -0.05) is 25.7 Å². The van der Waals surface area contributed by atoms with Crippen LogP contribution in [0.4, 0.5) is 10.1 Å². The molecular formula is C31H29FN5O6S-. The van der Waals surface area contributed by atoms with Crippen molar-refractivity contribution in [2.24, 2.45) is 5.92 Å². The second kappa shape index (κ2) is 12.9. The van der Waals surface area contributed by atoms with Crippen LogP contribution in [0.25, 0.3) is 16.6 Å². The van der Waals surface area contributed by atoms with Crippen molar-refractivity contribution >= 4 is 33.8 Å². The van der Waals surface area contributed by atoms with E-state index in [1.165, 1.54) is 24.3 Å². The van der Waals surface area contributed by atoms with E-state index < -0.39 is 46.3 Å². The third kappa shape index (κ3) is 6.48. The van der Waals surface area contributed by atoms with Crippen molar-refractivity contribution in [1.82, 2.24) is 19.0 Å². The number of halogens is 1. The molecule has 1 fully saturated rings. The Morgan fingerprint density at radius 2 is 1.55 bits per heavy atom. The summed E-state index contributed by atoms with van der Waals surface area (Å²) in [5, 5.41) is 11.4. The number of H-pyrrole nitrogens is 1. The lowest BCUT2D eigenvalue weighted by Crippen LogP contribution is -2.60. The topological polar surface area (TPSA) is 142 Å². The number of hydrazine groups is 1. The highest BCUT2D eigenvalue weighted by Gasteiger charge is 2.35. The third-order valence-electron chi connectivity index (χ3n) is 7.38. The van der Waals surface area contributed by atoms with Gasteiger partial charge in [-0.25, -0.2) is 18.8 Å². The number of hydrogen-bond donors (Lipinski definition) is 2. The van der Waals surface area contributed by atoms with E-state index in [0.717, 1.165) is 20.2 Å². The second-order valence-corrected chi connectivity index (χ2v) is 11.4. The Bertz CT molecular complexity index is 1890. The summed E-state index contributed by atoms with van der Waals surface area (Å²) in [7, 11) is 0. The fraction of sp³-hybridized carbons (Fsp3) is 0.258. The normalized spacial score (nSPS) is 15.3. The van der Waals surface area contributed by atoms with E-state index in [0.29, 0.717) is 37.3 Å². The molecule has 1 aliphatic heterocycles. The average Bonchev–Trinajstić information content (AvgIpc) is 2.99. The average molecular weight is 619 g/mol. The van der Waals surface area contributed by atoms with Crippen molar-refractivity contribution in [2.45, 2.75) is 19.9 Å². The van der Waals surface area contributed by atoms with Crippen LogP contribution >= 0.6 is 0 Å². The highest BCUT2D eigenvalue weighted by molar-refractivity contribution is 7.76. The maximum atomic E-state index is 13.4. The molecule has 3 aromatic carbocycles. The summed E-state index contributed by atoms with van der Waals surface area (Å²) in [4.78, 5) is 42.2. The van der Waals surface area contributed by atoms with Crippen LogP contribution < -0.4 is 16.1 Å². The molecule has 2 heterocycles. The maximum Gasteiger partial charge on any atom is 0.333 e. The number of fused-ring (bicyclic) bond motifs is 1. The van der Waals surface area contributed by atoms with Gasteiger partial charge in [0.2, 0.25) is 0 Å². The van der Waals surface area contributed by atoms with E-state index in [9.17, 15) is 32.6 Å². The van der Waals surface area contributed by atoms with Gasteiger partial charge in [-0.3, -0.25) is 13.8 Å². The molecule has 0 radical (unpaired) electrons. The van der Waals surface area contributed by atoms with Crippen LogP contribution in [0.2, 0.25) is 0 Å². The molecule has 228 valence electrons. The van der Waals surface area contributed by atoms with Gasteiger partial charge in [-0.15, -0.1) is 0 Å². The highest BCUT2D eigenvalue weighted by Crippen LogP contribution is 2.22. The van der Waals surface area contributed by atoms with Crippen LogP contribution in [0.5, 0.6) is 0 Å². The van der Waals surface area contributed by atoms with Gasteiger partial charge in [-0.05, 0) is 72.6 Å². The van der Waals surface area contributed by atoms with Crippen LogP contribution in [-0.4, -0.2) is 71.0 Å². The zero-order valence-electron chi connectivity index (χ0n) is 23.9. The molecule has 11 nitrogen and oxygen atoms in total. The first kappa shape index (κ1) is 30.8. The molecule has 2 unspecified atom stereocenters. The molecule has 0 bridgehead atoms. The van der Waals surface area contributed by atoms with Gasteiger partial charge in [0.05, 0.1) is 16.6 Å². The number of hydrogen-bond acceptors (Lipinski definition) is 7. The lowest BCUT2D eigenvalue weighted by atomic mass is 10.1. The Morgan fingerprint density at radius 1 is 0.955 bits per heavy atom. The van der Waals surface area contributed by atoms with Crippen molar-refractivity contribution in [3.05, 3.63) is 105 Å². The first-order valence-electron chi connectivity index (χ1n) is 13.8. The van der Waals surface area contributed by atoms with Gasteiger partial charge in [0.15, 0.2) is 0 Å². The second-order valence-electron chi connectivity index (χ2n) is 10.6. The zero-order chi connectivity index (χ0) is 31.5. The van der Waals surface area contributed by atoms with Crippen molar-refractivity contribution in [2.75, 3.05) is 31.1 Å². The first-order valence-corrected chi connectivity index (χ1v) is 14.8. The largest absolute Gasteiger partial charge is 0.759 e. The highest BCUT2D eigenvalue weighted by atomic mass is 32.2. The van der Waals surface area contributed by atoms with E-state index in [-0.39, 0.29) is 11.1 Å². The van der Waals surface area contributed by atoms with Crippen molar-refractivity contribution < 1.29 is 23.1 Å². The number of anilines is 1. The van der Waals surface area contributed by atoms with Crippen molar-refractivity contribution in [3.8, 4) is 17.5 Å². The van der Waals surface area contributed by atoms with Gasteiger partial charge >= 0.3 is 11.7 Å². The van der Waals surface area contributed by atoms with E-state index in [2.05, 4.69) is 21.7 Å². The molecule has 0 spiro atoms. The predicted molar refractivity (Wildman–Crippen MR) is 163 cm³/mol. The van der Waals surface area contributed by atoms with E-state index >= 15 is 0 Å². The number of aromatic amines is 1. The summed E-state index contributed by atoms with van der Waals surface area (Å²) < 4.78 is 39.1. The number of carbonyl (C=O) groups is 1. The summed E-state index contributed by atoms with van der Waals surface area (Å²) in [5.41, 5.74) is 1.64. The number of carboxylic acids is 1. The number of carboxylic acid groups (broad SMARTS) is 1. The number of rotatable bonds is 7. The zero-order valence-corrected chi connectivity index (χ0v) is 24.7. The van der Waals surface area contributed by atoms with E-state index in [1.54, 1.807) is 37.1 Å². The lowest BCUT2D eigenvalue weighted by molar-refractivity contribution is -0.149. The summed E-state index contributed by atoms with van der Waals surface area (Å²) in [6.45, 7) is 5.01. The number of piperazine rings is 1.